The lowest BCUT2D eigenvalue weighted by atomic mass is 10.2. The minimum Gasteiger partial charge on any atom is -0.380 e. The van der Waals surface area contributed by atoms with Crippen LogP contribution in [-0.4, -0.2) is 0 Å². The Bertz CT molecular complexity index is 616. The van der Waals surface area contributed by atoms with E-state index in [1.165, 1.54) is 0 Å². The van der Waals surface area contributed by atoms with Crippen LogP contribution in [-0.2, 0) is 6.54 Å². The molecule has 0 aliphatic carbocycles. The molecule has 0 spiro atoms. The van der Waals surface area contributed by atoms with E-state index >= 15 is 0 Å². The van der Waals surface area contributed by atoms with Gasteiger partial charge in [0.1, 0.15) is 0 Å². The zero-order valence-corrected chi connectivity index (χ0v) is 14.1. The standard InChI is InChI=1S/C13H8BrCl4N/c14-9-5-7(15)1-4-12(9)19-6-8-10(16)2-3-11(17)13(8)18/h1-5,19H,6H2. The highest BCUT2D eigenvalue weighted by atomic mass is 79.9. The number of halogens is 5. The van der Waals surface area contributed by atoms with E-state index in [2.05, 4.69) is 21.2 Å². The third-order valence-corrected chi connectivity index (χ3v) is 4.61. The molecule has 1 N–H and O–H groups in total. The first-order valence-electron chi connectivity index (χ1n) is 5.30. The zero-order chi connectivity index (χ0) is 14.0. The second kappa shape index (κ2) is 6.55. The average Bonchev–Trinajstić information content (AvgIpc) is 2.36. The highest BCUT2D eigenvalue weighted by Gasteiger charge is 2.10. The van der Waals surface area contributed by atoms with Crippen LogP contribution >= 0.6 is 62.3 Å². The van der Waals surface area contributed by atoms with E-state index in [0.717, 1.165) is 15.7 Å². The van der Waals surface area contributed by atoms with E-state index in [9.17, 15) is 0 Å². The van der Waals surface area contributed by atoms with Gasteiger partial charge in [-0.2, -0.15) is 0 Å². The summed E-state index contributed by atoms with van der Waals surface area (Å²) in [5.74, 6) is 0. The summed E-state index contributed by atoms with van der Waals surface area (Å²) >= 11 is 27.6. The fraction of sp³-hybridized carbons (Fsp3) is 0.0769. The molecule has 2 rings (SSSR count). The molecule has 0 atom stereocenters. The molecule has 0 aliphatic heterocycles. The predicted octanol–water partition coefficient (Wildman–Crippen LogP) is 6.67. The number of hydrogen-bond acceptors (Lipinski definition) is 1. The van der Waals surface area contributed by atoms with Gasteiger partial charge in [-0.3, -0.25) is 0 Å². The van der Waals surface area contributed by atoms with Crippen molar-refractivity contribution in [2.75, 3.05) is 5.32 Å². The molecular formula is C13H8BrCl4N. The molecule has 100 valence electrons. The quantitative estimate of drug-likeness (QED) is 0.568. The smallest absolute Gasteiger partial charge is 0.0657 e. The average molecular weight is 400 g/mol. The highest BCUT2D eigenvalue weighted by Crippen LogP contribution is 2.33. The lowest BCUT2D eigenvalue weighted by Gasteiger charge is -2.12. The van der Waals surface area contributed by atoms with Gasteiger partial charge in [0, 0.05) is 32.3 Å². The number of benzene rings is 2. The molecule has 0 unspecified atom stereocenters. The molecule has 0 saturated heterocycles. The molecule has 2 aromatic carbocycles. The number of nitrogens with one attached hydrogen (secondary N) is 1. The van der Waals surface area contributed by atoms with Gasteiger partial charge in [-0.15, -0.1) is 0 Å². The summed E-state index contributed by atoms with van der Waals surface area (Å²) in [6, 6.07) is 8.89. The van der Waals surface area contributed by atoms with Gasteiger partial charge in [-0.25, -0.2) is 0 Å². The molecule has 1 nitrogen and oxygen atoms in total. The predicted molar refractivity (Wildman–Crippen MR) is 88.0 cm³/mol. The van der Waals surface area contributed by atoms with Crippen molar-refractivity contribution in [1.29, 1.82) is 0 Å². The van der Waals surface area contributed by atoms with E-state index in [0.29, 0.717) is 26.6 Å². The third kappa shape index (κ3) is 3.71. The molecule has 0 amide bonds. The summed E-state index contributed by atoms with van der Waals surface area (Å²) in [6.07, 6.45) is 0. The molecular weight excluding hydrogens is 392 g/mol. The molecule has 6 heteroatoms. The van der Waals surface area contributed by atoms with Crippen LogP contribution in [0.3, 0.4) is 0 Å². The van der Waals surface area contributed by atoms with Crippen molar-refractivity contribution in [3.63, 3.8) is 0 Å². The normalized spacial score (nSPS) is 10.6. The van der Waals surface area contributed by atoms with Gasteiger partial charge in [0.05, 0.1) is 10.0 Å². The minimum atomic E-state index is 0.465. The van der Waals surface area contributed by atoms with Crippen LogP contribution < -0.4 is 5.32 Å². The van der Waals surface area contributed by atoms with Crippen LogP contribution in [0.1, 0.15) is 5.56 Å². The van der Waals surface area contributed by atoms with Crippen LogP contribution in [0.2, 0.25) is 20.1 Å². The first-order chi connectivity index (χ1) is 8.99. The summed E-state index contributed by atoms with van der Waals surface area (Å²) in [5, 5.41) is 5.42. The summed E-state index contributed by atoms with van der Waals surface area (Å²) in [4.78, 5) is 0. The fourth-order valence-corrected chi connectivity index (χ4v) is 3.05. The Morgan fingerprint density at radius 2 is 1.63 bits per heavy atom. The lowest BCUT2D eigenvalue weighted by molar-refractivity contribution is 1.15. The maximum Gasteiger partial charge on any atom is 0.0657 e. The Balaban J connectivity index is 2.21. The molecule has 19 heavy (non-hydrogen) atoms. The Morgan fingerprint density at radius 1 is 0.947 bits per heavy atom. The number of anilines is 1. The molecule has 2 aromatic rings. The summed E-state index contributed by atoms with van der Waals surface area (Å²) in [5.41, 5.74) is 1.66. The van der Waals surface area contributed by atoms with Gasteiger partial charge in [0.15, 0.2) is 0 Å². The van der Waals surface area contributed by atoms with Crippen molar-refractivity contribution in [2.45, 2.75) is 6.54 Å². The number of hydrogen-bond donors (Lipinski definition) is 1. The Morgan fingerprint density at radius 3 is 2.32 bits per heavy atom. The number of rotatable bonds is 3. The van der Waals surface area contributed by atoms with E-state index in [-0.39, 0.29) is 0 Å². The Labute approximate surface area is 139 Å². The van der Waals surface area contributed by atoms with Crippen molar-refractivity contribution in [3.05, 3.63) is 60.5 Å². The summed E-state index contributed by atoms with van der Waals surface area (Å²) < 4.78 is 0.870. The summed E-state index contributed by atoms with van der Waals surface area (Å²) in [7, 11) is 0. The van der Waals surface area contributed by atoms with E-state index < -0.39 is 0 Å². The van der Waals surface area contributed by atoms with Gasteiger partial charge in [-0.1, -0.05) is 46.4 Å². The van der Waals surface area contributed by atoms with Crippen LogP contribution in [0.4, 0.5) is 5.69 Å². The molecule has 0 bridgehead atoms. The van der Waals surface area contributed by atoms with Crippen molar-refractivity contribution in [1.82, 2.24) is 0 Å². The van der Waals surface area contributed by atoms with E-state index in [1.54, 1.807) is 18.2 Å². The maximum absolute atomic E-state index is 6.14. The third-order valence-electron chi connectivity index (χ3n) is 2.53. The molecule has 0 heterocycles. The SMILES string of the molecule is Clc1ccc(NCc2c(Cl)ccc(Cl)c2Cl)c(Br)c1. The van der Waals surface area contributed by atoms with Crippen molar-refractivity contribution < 1.29 is 0 Å². The van der Waals surface area contributed by atoms with Gasteiger partial charge in [0.2, 0.25) is 0 Å². The Kier molecular flexibility index (Phi) is 5.27. The van der Waals surface area contributed by atoms with Crippen LogP contribution in [0.25, 0.3) is 0 Å². The monoisotopic (exact) mass is 397 g/mol. The van der Waals surface area contributed by atoms with Crippen LogP contribution in [0.15, 0.2) is 34.8 Å². The zero-order valence-electron chi connectivity index (χ0n) is 9.48. The highest BCUT2D eigenvalue weighted by molar-refractivity contribution is 9.10. The van der Waals surface area contributed by atoms with Crippen molar-refractivity contribution in [3.8, 4) is 0 Å². The summed E-state index contributed by atoms with van der Waals surface area (Å²) in [6.45, 7) is 0.471. The first-order valence-corrected chi connectivity index (χ1v) is 7.61. The van der Waals surface area contributed by atoms with E-state index in [1.807, 2.05) is 12.1 Å². The van der Waals surface area contributed by atoms with Gasteiger partial charge in [0.25, 0.3) is 0 Å². The minimum absolute atomic E-state index is 0.465. The Hall–Kier alpha value is -0.120. The second-order valence-corrected chi connectivity index (χ2v) is 6.28. The fourth-order valence-electron chi connectivity index (χ4n) is 1.55. The maximum atomic E-state index is 6.14. The topological polar surface area (TPSA) is 12.0 Å². The molecule has 0 saturated carbocycles. The molecule has 0 aromatic heterocycles. The van der Waals surface area contributed by atoms with Crippen molar-refractivity contribution in [2.24, 2.45) is 0 Å². The first kappa shape index (κ1) is 15.3. The second-order valence-electron chi connectivity index (χ2n) is 3.80. The molecule has 0 fully saturated rings. The van der Waals surface area contributed by atoms with Gasteiger partial charge >= 0.3 is 0 Å². The van der Waals surface area contributed by atoms with Crippen LogP contribution in [0, 0.1) is 0 Å². The van der Waals surface area contributed by atoms with Crippen molar-refractivity contribution >= 4 is 68.0 Å². The van der Waals surface area contributed by atoms with Gasteiger partial charge < -0.3 is 5.32 Å². The van der Waals surface area contributed by atoms with Crippen LogP contribution in [0.5, 0.6) is 0 Å². The largest absolute Gasteiger partial charge is 0.380 e. The van der Waals surface area contributed by atoms with Gasteiger partial charge in [-0.05, 0) is 46.3 Å². The lowest BCUT2D eigenvalue weighted by Crippen LogP contribution is -2.01. The molecule has 0 radical (unpaired) electrons. The van der Waals surface area contributed by atoms with E-state index in [4.69, 9.17) is 46.4 Å². The molecule has 0 aliphatic rings.